The first-order chi connectivity index (χ1) is 9.43. The average Bonchev–Trinajstić information content (AvgIpc) is 2.40. The van der Waals surface area contributed by atoms with Crippen LogP contribution >= 0.6 is 0 Å². The zero-order valence-corrected chi connectivity index (χ0v) is 12.1. The number of rotatable bonds is 7. The van der Waals surface area contributed by atoms with Crippen LogP contribution in [-0.4, -0.2) is 23.4 Å². The molecule has 1 aromatic rings. The fourth-order valence-electron chi connectivity index (χ4n) is 1.69. The number of nitrogens with zero attached hydrogens (tertiary/aromatic N) is 1. The second kappa shape index (κ2) is 7.47. The minimum absolute atomic E-state index is 0.0199. The van der Waals surface area contributed by atoms with Crippen LogP contribution in [-0.2, 0) is 4.79 Å². The lowest BCUT2D eigenvalue weighted by Gasteiger charge is -2.12. The summed E-state index contributed by atoms with van der Waals surface area (Å²) >= 11 is 0. The van der Waals surface area contributed by atoms with E-state index in [9.17, 15) is 14.9 Å². The van der Waals surface area contributed by atoms with E-state index in [1.54, 1.807) is 19.1 Å². The Kier molecular flexibility index (Phi) is 5.96. The van der Waals surface area contributed by atoms with Gasteiger partial charge in [-0.2, -0.15) is 0 Å². The van der Waals surface area contributed by atoms with Crippen molar-refractivity contribution in [1.29, 1.82) is 0 Å². The molecule has 6 nitrogen and oxygen atoms in total. The molecule has 0 saturated heterocycles. The van der Waals surface area contributed by atoms with Gasteiger partial charge in [-0.3, -0.25) is 14.9 Å². The SMILES string of the molecule is CCC(C)NC(=O)CCNc1ccc(C)c([N+](=O)[O-])c1. The highest BCUT2D eigenvalue weighted by molar-refractivity contribution is 5.76. The quantitative estimate of drug-likeness (QED) is 0.593. The first-order valence-corrected chi connectivity index (χ1v) is 6.72. The number of nitro benzene ring substituents is 1. The van der Waals surface area contributed by atoms with Gasteiger partial charge in [0.2, 0.25) is 5.91 Å². The second-order valence-electron chi connectivity index (χ2n) is 4.81. The lowest BCUT2D eigenvalue weighted by Crippen LogP contribution is -2.32. The Hall–Kier alpha value is -2.11. The molecular weight excluding hydrogens is 258 g/mol. The van der Waals surface area contributed by atoms with Crippen LogP contribution in [0.3, 0.4) is 0 Å². The Labute approximate surface area is 118 Å². The Bertz CT molecular complexity index is 489. The number of anilines is 1. The van der Waals surface area contributed by atoms with E-state index < -0.39 is 4.92 Å². The van der Waals surface area contributed by atoms with Crippen LogP contribution < -0.4 is 10.6 Å². The highest BCUT2D eigenvalue weighted by Gasteiger charge is 2.11. The molecule has 0 saturated carbocycles. The van der Waals surface area contributed by atoms with Gasteiger partial charge < -0.3 is 10.6 Å². The summed E-state index contributed by atoms with van der Waals surface area (Å²) in [5, 5.41) is 16.7. The molecule has 0 aliphatic heterocycles. The summed E-state index contributed by atoms with van der Waals surface area (Å²) < 4.78 is 0. The summed E-state index contributed by atoms with van der Waals surface area (Å²) in [4.78, 5) is 22.0. The number of carbonyl (C=O) groups is 1. The largest absolute Gasteiger partial charge is 0.384 e. The lowest BCUT2D eigenvalue weighted by molar-refractivity contribution is -0.385. The molecule has 20 heavy (non-hydrogen) atoms. The molecule has 1 amide bonds. The van der Waals surface area contributed by atoms with Gasteiger partial charge in [0.25, 0.3) is 5.69 Å². The van der Waals surface area contributed by atoms with Gasteiger partial charge in [0.15, 0.2) is 0 Å². The van der Waals surface area contributed by atoms with Crippen molar-refractivity contribution in [2.24, 2.45) is 0 Å². The lowest BCUT2D eigenvalue weighted by atomic mass is 10.2. The fourth-order valence-corrected chi connectivity index (χ4v) is 1.69. The Morgan fingerprint density at radius 1 is 1.45 bits per heavy atom. The van der Waals surface area contributed by atoms with E-state index in [4.69, 9.17) is 0 Å². The molecule has 0 aliphatic rings. The number of benzene rings is 1. The number of carbonyl (C=O) groups excluding carboxylic acids is 1. The Balaban J connectivity index is 2.48. The van der Waals surface area contributed by atoms with E-state index >= 15 is 0 Å². The van der Waals surface area contributed by atoms with Crippen LogP contribution in [0.15, 0.2) is 18.2 Å². The van der Waals surface area contributed by atoms with Gasteiger partial charge in [0.1, 0.15) is 0 Å². The van der Waals surface area contributed by atoms with Crippen molar-refractivity contribution < 1.29 is 9.72 Å². The Morgan fingerprint density at radius 3 is 2.75 bits per heavy atom. The maximum atomic E-state index is 11.6. The maximum absolute atomic E-state index is 11.6. The number of hydrogen-bond donors (Lipinski definition) is 2. The zero-order chi connectivity index (χ0) is 15.1. The number of hydrogen-bond acceptors (Lipinski definition) is 4. The van der Waals surface area contributed by atoms with E-state index in [0.717, 1.165) is 6.42 Å². The van der Waals surface area contributed by atoms with Crippen molar-refractivity contribution in [2.75, 3.05) is 11.9 Å². The second-order valence-corrected chi connectivity index (χ2v) is 4.81. The number of nitrogens with one attached hydrogen (secondary N) is 2. The number of nitro groups is 1. The molecule has 1 atom stereocenters. The van der Waals surface area contributed by atoms with Crippen LogP contribution in [0.25, 0.3) is 0 Å². The molecule has 0 fully saturated rings. The maximum Gasteiger partial charge on any atom is 0.274 e. The van der Waals surface area contributed by atoms with Crippen molar-refractivity contribution in [1.82, 2.24) is 5.32 Å². The van der Waals surface area contributed by atoms with Gasteiger partial charge >= 0.3 is 0 Å². The molecule has 0 radical (unpaired) electrons. The fraction of sp³-hybridized carbons (Fsp3) is 0.500. The highest BCUT2D eigenvalue weighted by Crippen LogP contribution is 2.22. The van der Waals surface area contributed by atoms with Crippen LogP contribution in [0.4, 0.5) is 11.4 Å². The summed E-state index contributed by atoms with van der Waals surface area (Å²) in [6.07, 6.45) is 1.23. The summed E-state index contributed by atoms with van der Waals surface area (Å²) in [6, 6.07) is 5.12. The standard InChI is InChI=1S/C14H21N3O3/c1-4-11(3)16-14(18)7-8-15-12-6-5-10(2)13(9-12)17(19)20/h5-6,9,11,15H,4,7-8H2,1-3H3,(H,16,18). The van der Waals surface area contributed by atoms with Crippen molar-refractivity contribution in [2.45, 2.75) is 39.7 Å². The van der Waals surface area contributed by atoms with Crippen LogP contribution in [0.2, 0.25) is 0 Å². The minimum Gasteiger partial charge on any atom is -0.384 e. The molecule has 0 spiro atoms. The first kappa shape index (κ1) is 15.9. The van der Waals surface area contributed by atoms with E-state index in [0.29, 0.717) is 24.2 Å². The summed E-state index contributed by atoms with van der Waals surface area (Å²) in [5.74, 6) is -0.0199. The molecule has 2 N–H and O–H groups in total. The Morgan fingerprint density at radius 2 is 2.15 bits per heavy atom. The first-order valence-electron chi connectivity index (χ1n) is 6.72. The molecule has 0 aliphatic carbocycles. The van der Waals surface area contributed by atoms with E-state index in [-0.39, 0.29) is 17.6 Å². The smallest absolute Gasteiger partial charge is 0.274 e. The van der Waals surface area contributed by atoms with Crippen LogP contribution in [0, 0.1) is 17.0 Å². The number of aryl methyl sites for hydroxylation is 1. The van der Waals surface area contributed by atoms with E-state index in [2.05, 4.69) is 10.6 Å². The average molecular weight is 279 g/mol. The third kappa shape index (κ3) is 4.87. The number of amides is 1. The minimum atomic E-state index is -0.407. The summed E-state index contributed by atoms with van der Waals surface area (Å²) in [6.45, 7) is 6.10. The third-order valence-corrected chi connectivity index (χ3v) is 3.11. The zero-order valence-electron chi connectivity index (χ0n) is 12.1. The van der Waals surface area contributed by atoms with Gasteiger partial charge in [0, 0.05) is 36.3 Å². The van der Waals surface area contributed by atoms with Crippen molar-refractivity contribution >= 4 is 17.3 Å². The molecule has 0 aromatic heterocycles. The van der Waals surface area contributed by atoms with Gasteiger partial charge in [0.05, 0.1) is 4.92 Å². The van der Waals surface area contributed by atoms with Crippen molar-refractivity contribution in [3.63, 3.8) is 0 Å². The van der Waals surface area contributed by atoms with E-state index in [1.165, 1.54) is 6.07 Å². The predicted octanol–water partition coefficient (Wildman–Crippen LogP) is 2.62. The molecule has 6 heteroatoms. The van der Waals surface area contributed by atoms with Gasteiger partial charge in [-0.1, -0.05) is 13.0 Å². The van der Waals surface area contributed by atoms with Crippen molar-refractivity contribution in [3.8, 4) is 0 Å². The van der Waals surface area contributed by atoms with E-state index in [1.807, 2.05) is 13.8 Å². The molecule has 1 unspecified atom stereocenters. The molecular formula is C14H21N3O3. The van der Waals surface area contributed by atoms with Crippen molar-refractivity contribution in [3.05, 3.63) is 33.9 Å². The third-order valence-electron chi connectivity index (χ3n) is 3.11. The van der Waals surface area contributed by atoms with Gasteiger partial charge in [-0.25, -0.2) is 0 Å². The molecule has 110 valence electrons. The topological polar surface area (TPSA) is 84.3 Å². The van der Waals surface area contributed by atoms with Gasteiger partial charge in [-0.05, 0) is 26.3 Å². The molecule has 1 aromatic carbocycles. The van der Waals surface area contributed by atoms with Crippen LogP contribution in [0.1, 0.15) is 32.3 Å². The highest BCUT2D eigenvalue weighted by atomic mass is 16.6. The molecule has 1 rings (SSSR count). The molecule has 0 bridgehead atoms. The predicted molar refractivity (Wildman–Crippen MR) is 78.8 cm³/mol. The monoisotopic (exact) mass is 279 g/mol. The summed E-state index contributed by atoms with van der Waals surface area (Å²) in [5.41, 5.74) is 1.35. The normalized spacial score (nSPS) is 11.8. The van der Waals surface area contributed by atoms with Crippen LogP contribution in [0.5, 0.6) is 0 Å². The molecule has 0 heterocycles. The summed E-state index contributed by atoms with van der Waals surface area (Å²) in [7, 11) is 0. The van der Waals surface area contributed by atoms with Gasteiger partial charge in [-0.15, -0.1) is 0 Å².